The van der Waals surface area contributed by atoms with Crippen molar-refractivity contribution in [3.8, 4) is 0 Å². The maximum Gasteiger partial charge on any atom is 0.222 e. The molecule has 0 aliphatic heterocycles. The van der Waals surface area contributed by atoms with Crippen LogP contribution in [0.3, 0.4) is 0 Å². The van der Waals surface area contributed by atoms with Gasteiger partial charge in [-0.2, -0.15) is 0 Å². The van der Waals surface area contributed by atoms with E-state index in [4.69, 9.17) is 0 Å². The van der Waals surface area contributed by atoms with Crippen molar-refractivity contribution in [3.05, 3.63) is 29.8 Å². The summed E-state index contributed by atoms with van der Waals surface area (Å²) >= 11 is 1.74. The number of halogens is 1. The highest BCUT2D eigenvalue weighted by Crippen LogP contribution is 2.15. The van der Waals surface area contributed by atoms with E-state index < -0.39 is 0 Å². The minimum Gasteiger partial charge on any atom is -0.354 e. The van der Waals surface area contributed by atoms with Crippen LogP contribution < -0.4 is 10.6 Å². The number of thioether (sulfide) groups is 1. The van der Waals surface area contributed by atoms with Crippen LogP contribution in [0.2, 0.25) is 0 Å². The Kier molecular flexibility index (Phi) is 11.9. The molecule has 2 N–H and O–H groups in total. The van der Waals surface area contributed by atoms with Crippen molar-refractivity contribution in [2.24, 2.45) is 10.9 Å². The quantitative estimate of drug-likeness (QED) is 0.214. The predicted molar refractivity (Wildman–Crippen MR) is 114 cm³/mol. The van der Waals surface area contributed by atoms with E-state index in [1.165, 1.54) is 10.5 Å². The lowest BCUT2D eigenvalue weighted by Crippen LogP contribution is -2.42. The summed E-state index contributed by atoms with van der Waals surface area (Å²) < 4.78 is 0. The fourth-order valence-electron chi connectivity index (χ4n) is 2.03. The molecule has 0 saturated heterocycles. The minimum absolute atomic E-state index is 0. The largest absolute Gasteiger partial charge is 0.354 e. The van der Waals surface area contributed by atoms with E-state index in [-0.39, 0.29) is 35.8 Å². The molecule has 0 aliphatic carbocycles. The molecule has 24 heavy (non-hydrogen) atoms. The monoisotopic (exact) mass is 464 g/mol. The van der Waals surface area contributed by atoms with E-state index in [1.54, 1.807) is 18.8 Å². The molecule has 136 valence electrons. The van der Waals surface area contributed by atoms with Crippen molar-refractivity contribution in [3.63, 3.8) is 0 Å². The Morgan fingerprint density at radius 3 is 2.29 bits per heavy atom. The number of benzene rings is 1. The summed E-state index contributed by atoms with van der Waals surface area (Å²) in [5, 5.41) is 6.15. The van der Waals surface area contributed by atoms with Gasteiger partial charge in [-0.15, -0.1) is 35.7 Å². The van der Waals surface area contributed by atoms with Gasteiger partial charge in [0.25, 0.3) is 0 Å². The van der Waals surface area contributed by atoms with Crippen LogP contribution in [0.5, 0.6) is 0 Å². The van der Waals surface area contributed by atoms with Gasteiger partial charge in [0.2, 0.25) is 5.91 Å². The van der Waals surface area contributed by atoms with Crippen LogP contribution >= 0.6 is 35.7 Å². The standard InChI is InChI=1S/C17H28N4OS.HI/c1-13(2)16(22)19-10-11-20-17(18-3)21(4)12-14-6-8-15(23-5)9-7-14;/h6-9,13H,10-12H2,1-5H3,(H,18,20)(H,19,22);1H. The third-order valence-electron chi connectivity index (χ3n) is 3.38. The van der Waals surface area contributed by atoms with Crippen molar-refractivity contribution >= 4 is 47.6 Å². The zero-order chi connectivity index (χ0) is 17.2. The van der Waals surface area contributed by atoms with E-state index >= 15 is 0 Å². The lowest BCUT2D eigenvalue weighted by Gasteiger charge is -2.22. The normalized spacial score (nSPS) is 11.0. The van der Waals surface area contributed by atoms with Crippen LogP contribution in [0.4, 0.5) is 0 Å². The van der Waals surface area contributed by atoms with Crippen LogP contribution in [-0.4, -0.2) is 50.2 Å². The Balaban J connectivity index is 0.00000529. The number of hydrogen-bond donors (Lipinski definition) is 2. The van der Waals surface area contributed by atoms with Crippen molar-refractivity contribution in [2.45, 2.75) is 25.3 Å². The maximum absolute atomic E-state index is 11.5. The van der Waals surface area contributed by atoms with Crippen LogP contribution in [0.25, 0.3) is 0 Å². The van der Waals surface area contributed by atoms with Gasteiger partial charge in [0.05, 0.1) is 0 Å². The molecule has 0 bridgehead atoms. The van der Waals surface area contributed by atoms with Crippen LogP contribution in [0, 0.1) is 5.92 Å². The van der Waals surface area contributed by atoms with Gasteiger partial charge in [0.1, 0.15) is 0 Å². The summed E-state index contributed by atoms with van der Waals surface area (Å²) in [5.41, 5.74) is 1.24. The molecule has 0 heterocycles. The molecule has 0 radical (unpaired) electrons. The maximum atomic E-state index is 11.5. The number of nitrogens with one attached hydrogen (secondary N) is 2. The molecule has 1 aromatic rings. The van der Waals surface area contributed by atoms with Gasteiger partial charge in [-0.1, -0.05) is 26.0 Å². The molecule has 1 amide bonds. The van der Waals surface area contributed by atoms with Crippen LogP contribution in [0.1, 0.15) is 19.4 Å². The molecule has 0 atom stereocenters. The van der Waals surface area contributed by atoms with Gasteiger partial charge in [0.15, 0.2) is 5.96 Å². The second-order valence-corrected chi connectivity index (χ2v) is 6.50. The van der Waals surface area contributed by atoms with Gasteiger partial charge >= 0.3 is 0 Å². The first kappa shape index (κ1) is 23.0. The summed E-state index contributed by atoms with van der Waals surface area (Å²) in [6.07, 6.45) is 2.07. The number of carbonyl (C=O) groups is 1. The molecule has 1 rings (SSSR count). The molecule has 0 aromatic heterocycles. The van der Waals surface area contributed by atoms with Gasteiger partial charge < -0.3 is 15.5 Å². The summed E-state index contributed by atoms with van der Waals surface area (Å²) in [5.74, 6) is 0.906. The zero-order valence-corrected chi connectivity index (χ0v) is 18.3. The number of nitrogens with zero attached hydrogens (tertiary/aromatic N) is 2. The Labute approximate surface area is 167 Å². The topological polar surface area (TPSA) is 56.7 Å². The third kappa shape index (κ3) is 8.23. The summed E-state index contributed by atoms with van der Waals surface area (Å²) in [7, 11) is 3.77. The van der Waals surface area contributed by atoms with Gasteiger partial charge in [-0.05, 0) is 24.0 Å². The first-order chi connectivity index (χ1) is 11.0. The lowest BCUT2D eigenvalue weighted by molar-refractivity contribution is -0.123. The Morgan fingerprint density at radius 1 is 1.21 bits per heavy atom. The molecular weight excluding hydrogens is 435 g/mol. The average molecular weight is 464 g/mol. The molecule has 5 nitrogen and oxygen atoms in total. The fourth-order valence-corrected chi connectivity index (χ4v) is 2.44. The summed E-state index contributed by atoms with van der Waals surface area (Å²) in [4.78, 5) is 19.1. The highest BCUT2D eigenvalue weighted by molar-refractivity contribution is 14.0. The number of carbonyl (C=O) groups excluding carboxylic acids is 1. The number of hydrogen-bond acceptors (Lipinski definition) is 3. The van der Waals surface area contributed by atoms with E-state index in [9.17, 15) is 4.79 Å². The molecule has 0 spiro atoms. The highest BCUT2D eigenvalue weighted by Gasteiger charge is 2.08. The zero-order valence-electron chi connectivity index (χ0n) is 15.1. The van der Waals surface area contributed by atoms with Gasteiger partial charge in [-0.25, -0.2) is 0 Å². The number of rotatable bonds is 7. The highest BCUT2D eigenvalue weighted by atomic mass is 127. The van der Waals surface area contributed by atoms with E-state index in [1.807, 2.05) is 20.9 Å². The smallest absolute Gasteiger partial charge is 0.222 e. The molecule has 0 aliphatic rings. The number of amides is 1. The van der Waals surface area contributed by atoms with Crippen molar-refractivity contribution in [1.29, 1.82) is 0 Å². The molecule has 0 unspecified atom stereocenters. The van der Waals surface area contributed by atoms with Crippen LogP contribution in [0.15, 0.2) is 34.2 Å². The molecular formula is C17H29IN4OS. The van der Waals surface area contributed by atoms with E-state index in [0.717, 1.165) is 12.5 Å². The Bertz CT molecular complexity index is 520. The Morgan fingerprint density at radius 2 is 1.79 bits per heavy atom. The molecule has 0 saturated carbocycles. The first-order valence-electron chi connectivity index (χ1n) is 7.80. The summed E-state index contributed by atoms with van der Waals surface area (Å²) in [6, 6.07) is 8.54. The van der Waals surface area contributed by atoms with Crippen molar-refractivity contribution < 1.29 is 4.79 Å². The average Bonchev–Trinajstić information content (AvgIpc) is 2.55. The summed E-state index contributed by atoms with van der Waals surface area (Å²) in [6.45, 7) is 5.80. The second kappa shape index (κ2) is 12.4. The Hall–Kier alpha value is -0.960. The van der Waals surface area contributed by atoms with Crippen molar-refractivity contribution in [1.82, 2.24) is 15.5 Å². The number of guanidine groups is 1. The minimum atomic E-state index is 0. The SMILES string of the molecule is CN=C(NCCNC(=O)C(C)C)N(C)Cc1ccc(SC)cc1.I. The van der Waals surface area contributed by atoms with Gasteiger partial charge in [0, 0.05) is 44.5 Å². The second-order valence-electron chi connectivity index (χ2n) is 5.62. The fraction of sp³-hybridized carbons (Fsp3) is 0.529. The van der Waals surface area contributed by atoms with Crippen LogP contribution in [-0.2, 0) is 11.3 Å². The van der Waals surface area contributed by atoms with E-state index in [0.29, 0.717) is 13.1 Å². The lowest BCUT2D eigenvalue weighted by atomic mass is 10.2. The first-order valence-corrected chi connectivity index (χ1v) is 9.02. The molecule has 7 heteroatoms. The van der Waals surface area contributed by atoms with Gasteiger partial charge in [-0.3, -0.25) is 9.79 Å². The number of aliphatic imine (C=N–C) groups is 1. The molecule has 1 aromatic carbocycles. The van der Waals surface area contributed by atoms with E-state index in [2.05, 4.69) is 51.0 Å². The predicted octanol–water partition coefficient (Wildman–Crippen LogP) is 2.81. The third-order valence-corrected chi connectivity index (χ3v) is 4.13. The van der Waals surface area contributed by atoms with Crippen molar-refractivity contribution in [2.75, 3.05) is 33.4 Å². The molecule has 0 fully saturated rings.